The lowest BCUT2D eigenvalue weighted by molar-refractivity contribution is 0.0958. The summed E-state index contributed by atoms with van der Waals surface area (Å²) < 4.78 is 6.79. The fraction of sp³-hybridized carbons (Fsp3) is 0.235. The first-order valence-corrected chi connectivity index (χ1v) is 8.55. The molecule has 0 radical (unpaired) electrons. The first kappa shape index (κ1) is 17.1. The van der Waals surface area contributed by atoms with E-state index in [9.17, 15) is 9.90 Å². The Morgan fingerprint density at radius 3 is 2.88 bits per heavy atom. The maximum Gasteiger partial charge on any atom is 0.269 e. The molecule has 8 heteroatoms. The molecule has 2 heterocycles. The Hall–Kier alpha value is -2.71. The van der Waals surface area contributed by atoms with Gasteiger partial charge in [0.2, 0.25) is 0 Å². The van der Waals surface area contributed by atoms with E-state index in [2.05, 4.69) is 20.6 Å². The number of thiazole rings is 1. The summed E-state index contributed by atoms with van der Waals surface area (Å²) in [5.41, 5.74) is 1.15. The molecule has 0 fully saturated rings. The molecule has 2 aromatic heterocycles. The molecule has 0 saturated carbocycles. The van der Waals surface area contributed by atoms with E-state index >= 15 is 0 Å². The van der Waals surface area contributed by atoms with E-state index in [1.54, 1.807) is 26.1 Å². The molecule has 0 saturated heterocycles. The lowest BCUT2D eigenvalue weighted by atomic mass is 10.3. The van der Waals surface area contributed by atoms with E-state index in [-0.39, 0.29) is 5.91 Å². The van der Waals surface area contributed by atoms with Crippen LogP contribution in [-0.2, 0) is 0 Å². The SMILES string of the molecule is CNC(=O)c1cc(Oc2ccc3nc(NCC(C)O)sc3c2)ccn1. The molecule has 1 aromatic carbocycles. The molecule has 1 atom stereocenters. The van der Waals surface area contributed by atoms with Crippen molar-refractivity contribution in [1.82, 2.24) is 15.3 Å². The lowest BCUT2D eigenvalue weighted by Gasteiger charge is -2.06. The summed E-state index contributed by atoms with van der Waals surface area (Å²) >= 11 is 1.49. The van der Waals surface area contributed by atoms with Crippen molar-refractivity contribution in [2.24, 2.45) is 0 Å². The lowest BCUT2D eigenvalue weighted by Crippen LogP contribution is -2.18. The van der Waals surface area contributed by atoms with Crippen LogP contribution in [0.5, 0.6) is 11.5 Å². The number of nitrogens with zero attached hydrogens (tertiary/aromatic N) is 2. The van der Waals surface area contributed by atoms with E-state index in [0.29, 0.717) is 23.7 Å². The van der Waals surface area contributed by atoms with Gasteiger partial charge in [0.15, 0.2) is 5.13 Å². The van der Waals surface area contributed by atoms with Gasteiger partial charge in [-0.1, -0.05) is 11.3 Å². The number of hydrogen-bond donors (Lipinski definition) is 3. The molecular weight excluding hydrogens is 340 g/mol. The highest BCUT2D eigenvalue weighted by Crippen LogP contribution is 2.31. The molecule has 3 N–H and O–H groups in total. The number of anilines is 1. The van der Waals surface area contributed by atoms with Gasteiger partial charge < -0.3 is 20.5 Å². The summed E-state index contributed by atoms with van der Waals surface area (Å²) in [5.74, 6) is 0.911. The van der Waals surface area contributed by atoms with Crippen molar-refractivity contribution in [3.05, 3.63) is 42.2 Å². The highest BCUT2D eigenvalue weighted by molar-refractivity contribution is 7.22. The van der Waals surface area contributed by atoms with Gasteiger partial charge in [-0.05, 0) is 25.1 Å². The number of aliphatic hydroxyl groups is 1. The number of aromatic nitrogens is 2. The Morgan fingerprint density at radius 2 is 2.12 bits per heavy atom. The molecule has 0 aliphatic heterocycles. The molecule has 0 bridgehead atoms. The van der Waals surface area contributed by atoms with Gasteiger partial charge in [-0.2, -0.15) is 0 Å². The number of hydrogen-bond acceptors (Lipinski definition) is 7. The standard InChI is InChI=1S/C17H18N4O3S/c1-10(22)9-20-17-21-13-4-3-11(8-15(13)25-17)24-12-5-6-19-14(7-12)16(23)18-2/h3-8,10,22H,9H2,1-2H3,(H,18,23)(H,20,21). The summed E-state index contributed by atoms with van der Waals surface area (Å²) in [6.45, 7) is 2.16. The van der Waals surface area contributed by atoms with Gasteiger partial charge in [0.1, 0.15) is 17.2 Å². The number of pyridine rings is 1. The van der Waals surface area contributed by atoms with Crippen molar-refractivity contribution in [3.63, 3.8) is 0 Å². The van der Waals surface area contributed by atoms with Crippen LogP contribution >= 0.6 is 11.3 Å². The van der Waals surface area contributed by atoms with E-state index < -0.39 is 6.10 Å². The number of carbonyl (C=O) groups excluding carboxylic acids is 1. The fourth-order valence-electron chi connectivity index (χ4n) is 2.14. The third-order valence-corrected chi connectivity index (χ3v) is 4.31. The highest BCUT2D eigenvalue weighted by atomic mass is 32.1. The highest BCUT2D eigenvalue weighted by Gasteiger charge is 2.09. The maximum atomic E-state index is 11.6. The van der Waals surface area contributed by atoms with Crippen molar-refractivity contribution in [1.29, 1.82) is 0 Å². The van der Waals surface area contributed by atoms with Gasteiger partial charge in [0.25, 0.3) is 5.91 Å². The summed E-state index contributed by atoms with van der Waals surface area (Å²) in [4.78, 5) is 20.1. The van der Waals surface area contributed by atoms with E-state index in [0.717, 1.165) is 15.3 Å². The molecule has 3 aromatic rings. The molecule has 3 rings (SSSR count). The minimum absolute atomic E-state index is 0.266. The Morgan fingerprint density at radius 1 is 1.32 bits per heavy atom. The summed E-state index contributed by atoms with van der Waals surface area (Å²) in [6, 6.07) is 8.86. The van der Waals surface area contributed by atoms with Crippen LogP contribution in [0.25, 0.3) is 10.2 Å². The predicted octanol–water partition coefficient (Wildman–Crippen LogP) is 2.64. The van der Waals surface area contributed by atoms with Crippen LogP contribution < -0.4 is 15.4 Å². The summed E-state index contributed by atoms with van der Waals surface area (Å²) in [5, 5.41) is 15.7. The molecule has 0 aliphatic rings. The van der Waals surface area contributed by atoms with Crippen molar-refractivity contribution < 1.29 is 14.6 Å². The van der Waals surface area contributed by atoms with Gasteiger partial charge in [-0.3, -0.25) is 9.78 Å². The molecule has 7 nitrogen and oxygen atoms in total. The van der Waals surface area contributed by atoms with Crippen LogP contribution in [0, 0.1) is 0 Å². The average Bonchev–Trinajstić information content (AvgIpc) is 3.01. The minimum Gasteiger partial charge on any atom is -0.457 e. The number of rotatable bonds is 6. The third kappa shape index (κ3) is 4.23. The Kier molecular flexibility index (Phi) is 5.11. The van der Waals surface area contributed by atoms with E-state index in [4.69, 9.17) is 4.74 Å². The summed E-state index contributed by atoms with van der Waals surface area (Å²) in [7, 11) is 1.55. The zero-order chi connectivity index (χ0) is 17.8. The second-order valence-electron chi connectivity index (χ2n) is 5.44. The Labute approximate surface area is 148 Å². The van der Waals surface area contributed by atoms with Gasteiger partial charge in [-0.15, -0.1) is 0 Å². The van der Waals surface area contributed by atoms with Crippen molar-refractivity contribution in [2.75, 3.05) is 18.9 Å². The predicted molar refractivity (Wildman–Crippen MR) is 97.5 cm³/mol. The Balaban J connectivity index is 1.79. The molecule has 0 spiro atoms. The molecule has 0 aliphatic carbocycles. The Bertz CT molecular complexity index is 894. The number of carbonyl (C=O) groups is 1. The minimum atomic E-state index is -0.438. The van der Waals surface area contributed by atoms with Crippen molar-refractivity contribution >= 4 is 32.6 Å². The fourth-order valence-corrected chi connectivity index (χ4v) is 3.04. The third-order valence-electron chi connectivity index (χ3n) is 3.34. The molecule has 1 amide bonds. The number of nitrogens with one attached hydrogen (secondary N) is 2. The quantitative estimate of drug-likeness (QED) is 0.627. The van der Waals surface area contributed by atoms with Crippen LogP contribution in [-0.4, -0.2) is 40.7 Å². The second-order valence-corrected chi connectivity index (χ2v) is 6.47. The molecule has 25 heavy (non-hydrogen) atoms. The van der Waals surface area contributed by atoms with Gasteiger partial charge in [0.05, 0.1) is 16.3 Å². The van der Waals surface area contributed by atoms with Gasteiger partial charge >= 0.3 is 0 Å². The topological polar surface area (TPSA) is 96.4 Å². The second kappa shape index (κ2) is 7.45. The van der Waals surface area contributed by atoms with Crippen LogP contribution in [0.1, 0.15) is 17.4 Å². The molecular formula is C17H18N4O3S. The van der Waals surface area contributed by atoms with Crippen LogP contribution in [0.2, 0.25) is 0 Å². The van der Waals surface area contributed by atoms with E-state index in [1.165, 1.54) is 17.5 Å². The number of amides is 1. The van der Waals surface area contributed by atoms with Gasteiger partial charge in [0, 0.05) is 31.9 Å². The van der Waals surface area contributed by atoms with E-state index in [1.807, 2.05) is 18.2 Å². The first-order valence-electron chi connectivity index (χ1n) is 7.73. The van der Waals surface area contributed by atoms with Crippen LogP contribution in [0.15, 0.2) is 36.5 Å². The zero-order valence-corrected chi connectivity index (χ0v) is 14.6. The molecule has 130 valence electrons. The number of fused-ring (bicyclic) bond motifs is 1. The maximum absolute atomic E-state index is 11.6. The van der Waals surface area contributed by atoms with Crippen molar-refractivity contribution in [2.45, 2.75) is 13.0 Å². The largest absolute Gasteiger partial charge is 0.457 e. The van der Waals surface area contributed by atoms with Crippen LogP contribution in [0.4, 0.5) is 5.13 Å². The van der Waals surface area contributed by atoms with Crippen LogP contribution in [0.3, 0.4) is 0 Å². The number of ether oxygens (including phenoxy) is 1. The molecule has 1 unspecified atom stereocenters. The average molecular weight is 358 g/mol. The smallest absolute Gasteiger partial charge is 0.269 e. The normalized spacial score (nSPS) is 12.0. The van der Waals surface area contributed by atoms with Crippen molar-refractivity contribution in [3.8, 4) is 11.5 Å². The number of benzene rings is 1. The first-order chi connectivity index (χ1) is 12.0. The number of aliphatic hydroxyl groups excluding tert-OH is 1. The van der Waals surface area contributed by atoms with Gasteiger partial charge in [-0.25, -0.2) is 4.98 Å². The monoisotopic (exact) mass is 358 g/mol. The summed E-state index contributed by atoms with van der Waals surface area (Å²) in [6.07, 6.45) is 1.09. The zero-order valence-electron chi connectivity index (χ0n) is 13.8.